The molecule has 1 N–H and O–H groups in total. The van der Waals surface area contributed by atoms with Crippen molar-refractivity contribution in [2.24, 2.45) is 0 Å². The van der Waals surface area contributed by atoms with Gasteiger partial charge in [-0.3, -0.25) is 9.48 Å². The van der Waals surface area contributed by atoms with Crippen LogP contribution in [0.3, 0.4) is 0 Å². The number of carbonyl (C=O) groups excluding carboxylic acids is 1. The van der Waals surface area contributed by atoms with Gasteiger partial charge in [-0.1, -0.05) is 25.1 Å². The lowest BCUT2D eigenvalue weighted by Crippen LogP contribution is -2.18. The van der Waals surface area contributed by atoms with Crippen LogP contribution >= 0.6 is 11.6 Å². The highest BCUT2D eigenvalue weighted by atomic mass is 35.5. The van der Waals surface area contributed by atoms with Crippen LogP contribution in [-0.4, -0.2) is 15.7 Å². The van der Waals surface area contributed by atoms with E-state index in [4.69, 9.17) is 11.6 Å². The molecule has 0 saturated heterocycles. The highest BCUT2D eigenvalue weighted by Crippen LogP contribution is 2.27. The zero-order valence-electron chi connectivity index (χ0n) is 12.6. The number of rotatable bonds is 5. The first-order valence-electron chi connectivity index (χ1n) is 7.17. The summed E-state index contributed by atoms with van der Waals surface area (Å²) in [5.41, 5.74) is 3.14. The van der Waals surface area contributed by atoms with Crippen molar-refractivity contribution in [3.63, 3.8) is 0 Å². The minimum atomic E-state index is -0.163. The van der Waals surface area contributed by atoms with Crippen molar-refractivity contribution >= 4 is 23.2 Å². The van der Waals surface area contributed by atoms with Gasteiger partial charge in [0.15, 0.2) is 0 Å². The lowest BCUT2D eigenvalue weighted by atomic mass is 10.1. The van der Waals surface area contributed by atoms with Crippen LogP contribution in [0.15, 0.2) is 30.3 Å². The summed E-state index contributed by atoms with van der Waals surface area (Å²) in [6.07, 6.45) is 0.808. The average Bonchev–Trinajstić information content (AvgIpc) is 2.91. The third kappa shape index (κ3) is 3.45. The molecule has 0 aliphatic carbocycles. The van der Waals surface area contributed by atoms with Crippen molar-refractivity contribution in [2.75, 3.05) is 5.32 Å². The Morgan fingerprint density at radius 2 is 2.10 bits per heavy atom. The summed E-state index contributed by atoms with van der Waals surface area (Å²) in [6, 6.07) is 9.41. The van der Waals surface area contributed by atoms with Crippen molar-refractivity contribution in [3.05, 3.63) is 47.3 Å². The molecule has 1 heterocycles. The number of hydrogen-bond acceptors (Lipinski definition) is 2. The third-order valence-electron chi connectivity index (χ3n) is 3.36. The number of halogens is 1. The minimum Gasteiger partial charge on any atom is -0.320 e. The van der Waals surface area contributed by atoms with Gasteiger partial charge in [0.25, 0.3) is 5.91 Å². The number of carbonyl (C=O) groups is 1. The molecule has 2 rings (SSSR count). The second-order valence-corrected chi connectivity index (χ2v) is 5.50. The summed E-state index contributed by atoms with van der Waals surface area (Å²) < 4.78 is 1.72. The molecule has 0 aliphatic heterocycles. The number of anilines is 1. The minimum absolute atomic E-state index is 0.159. The highest BCUT2D eigenvalue weighted by molar-refractivity contribution is 6.21. The quantitative estimate of drug-likeness (QED) is 0.848. The molecule has 0 saturated carbocycles. The maximum Gasteiger partial charge on any atom is 0.273 e. The SMILES string of the molecule is CCc1cc(C(=O)Nc2ccccc2C(C)Cl)n(CC)n1. The Bertz CT molecular complexity index is 634. The van der Waals surface area contributed by atoms with Crippen LogP contribution in [0.5, 0.6) is 0 Å². The summed E-state index contributed by atoms with van der Waals surface area (Å²) in [5, 5.41) is 7.17. The van der Waals surface area contributed by atoms with Gasteiger partial charge in [-0.25, -0.2) is 0 Å². The zero-order chi connectivity index (χ0) is 15.4. The molecule has 1 amide bonds. The zero-order valence-corrected chi connectivity index (χ0v) is 13.3. The van der Waals surface area contributed by atoms with Crippen LogP contribution in [-0.2, 0) is 13.0 Å². The van der Waals surface area contributed by atoms with Gasteiger partial charge in [-0.05, 0) is 38.0 Å². The fraction of sp³-hybridized carbons (Fsp3) is 0.375. The van der Waals surface area contributed by atoms with Crippen LogP contribution in [0.4, 0.5) is 5.69 Å². The molecular weight excluding hydrogens is 286 g/mol. The van der Waals surface area contributed by atoms with E-state index in [2.05, 4.69) is 10.4 Å². The third-order valence-corrected chi connectivity index (χ3v) is 3.60. The Morgan fingerprint density at radius 1 is 1.38 bits per heavy atom. The first kappa shape index (κ1) is 15.6. The van der Waals surface area contributed by atoms with Gasteiger partial charge in [0, 0.05) is 12.2 Å². The number of aryl methyl sites for hydroxylation is 2. The molecule has 0 aliphatic rings. The van der Waals surface area contributed by atoms with Crippen LogP contribution in [0.1, 0.15) is 47.9 Å². The highest BCUT2D eigenvalue weighted by Gasteiger charge is 2.16. The van der Waals surface area contributed by atoms with Crippen molar-refractivity contribution in [1.82, 2.24) is 9.78 Å². The lowest BCUT2D eigenvalue weighted by molar-refractivity contribution is 0.101. The molecule has 2 aromatic rings. The van der Waals surface area contributed by atoms with Crippen molar-refractivity contribution in [3.8, 4) is 0 Å². The van der Waals surface area contributed by atoms with Gasteiger partial charge in [0.05, 0.1) is 11.1 Å². The standard InChI is InChI=1S/C16H20ClN3O/c1-4-12-10-15(20(5-2)19-12)16(21)18-14-9-7-6-8-13(14)11(3)17/h6-11H,4-5H2,1-3H3,(H,18,21). The Balaban J connectivity index is 2.28. The van der Waals surface area contributed by atoms with E-state index in [1.165, 1.54) is 0 Å². The first-order valence-corrected chi connectivity index (χ1v) is 7.61. The molecule has 112 valence electrons. The van der Waals surface area contributed by atoms with Crippen LogP contribution in [0.25, 0.3) is 0 Å². The number of amides is 1. The normalized spacial score (nSPS) is 12.2. The fourth-order valence-electron chi connectivity index (χ4n) is 2.21. The smallest absolute Gasteiger partial charge is 0.273 e. The molecule has 0 radical (unpaired) electrons. The Labute approximate surface area is 130 Å². The summed E-state index contributed by atoms with van der Waals surface area (Å²) >= 11 is 6.15. The van der Waals surface area contributed by atoms with E-state index >= 15 is 0 Å². The first-order chi connectivity index (χ1) is 10.1. The van der Waals surface area contributed by atoms with E-state index in [0.29, 0.717) is 12.2 Å². The maximum absolute atomic E-state index is 12.5. The second kappa shape index (κ2) is 6.76. The molecule has 21 heavy (non-hydrogen) atoms. The second-order valence-electron chi connectivity index (χ2n) is 4.85. The molecule has 4 nitrogen and oxygen atoms in total. The van der Waals surface area contributed by atoms with Gasteiger partial charge < -0.3 is 5.32 Å². The van der Waals surface area contributed by atoms with Crippen LogP contribution < -0.4 is 5.32 Å². The number of hydrogen-bond donors (Lipinski definition) is 1. The van der Waals surface area contributed by atoms with Gasteiger partial charge in [0.1, 0.15) is 5.69 Å². The van der Waals surface area contributed by atoms with Gasteiger partial charge in [0.2, 0.25) is 0 Å². The van der Waals surface area contributed by atoms with E-state index in [0.717, 1.165) is 23.4 Å². The van der Waals surface area contributed by atoms with Gasteiger partial charge >= 0.3 is 0 Å². The predicted molar refractivity (Wildman–Crippen MR) is 85.9 cm³/mol. The Morgan fingerprint density at radius 3 is 2.71 bits per heavy atom. The summed E-state index contributed by atoms with van der Waals surface area (Å²) in [4.78, 5) is 12.5. The molecule has 0 bridgehead atoms. The molecule has 1 atom stereocenters. The van der Waals surface area contributed by atoms with E-state index in [-0.39, 0.29) is 11.3 Å². The monoisotopic (exact) mass is 305 g/mol. The van der Waals surface area contributed by atoms with Gasteiger partial charge in [-0.2, -0.15) is 5.10 Å². The Hall–Kier alpha value is -1.81. The molecule has 5 heteroatoms. The topological polar surface area (TPSA) is 46.9 Å². The molecule has 1 aromatic heterocycles. The van der Waals surface area contributed by atoms with E-state index < -0.39 is 0 Å². The lowest BCUT2D eigenvalue weighted by Gasteiger charge is -2.12. The van der Waals surface area contributed by atoms with Gasteiger partial charge in [-0.15, -0.1) is 11.6 Å². The van der Waals surface area contributed by atoms with E-state index in [1.54, 1.807) is 4.68 Å². The number of nitrogens with zero attached hydrogens (tertiary/aromatic N) is 2. The summed E-state index contributed by atoms with van der Waals surface area (Å²) in [7, 11) is 0. The number of alkyl halides is 1. The summed E-state index contributed by atoms with van der Waals surface area (Å²) in [6.45, 7) is 6.54. The number of aromatic nitrogens is 2. The van der Waals surface area contributed by atoms with Crippen LogP contribution in [0.2, 0.25) is 0 Å². The molecule has 1 aromatic carbocycles. The largest absolute Gasteiger partial charge is 0.320 e. The molecule has 0 fully saturated rings. The molecule has 1 unspecified atom stereocenters. The molecule has 0 spiro atoms. The number of benzene rings is 1. The van der Waals surface area contributed by atoms with E-state index in [1.807, 2.05) is 51.1 Å². The average molecular weight is 306 g/mol. The Kier molecular flexibility index (Phi) is 5.02. The van der Waals surface area contributed by atoms with Crippen molar-refractivity contribution < 1.29 is 4.79 Å². The summed E-state index contributed by atoms with van der Waals surface area (Å²) in [5.74, 6) is -0.159. The van der Waals surface area contributed by atoms with Crippen molar-refractivity contribution in [2.45, 2.75) is 39.1 Å². The van der Waals surface area contributed by atoms with E-state index in [9.17, 15) is 4.79 Å². The van der Waals surface area contributed by atoms with Crippen molar-refractivity contribution in [1.29, 1.82) is 0 Å². The number of para-hydroxylation sites is 1. The fourth-order valence-corrected chi connectivity index (χ4v) is 2.40. The van der Waals surface area contributed by atoms with Crippen LogP contribution in [0, 0.1) is 0 Å². The molecular formula is C16H20ClN3O. The maximum atomic E-state index is 12.5. The number of nitrogens with one attached hydrogen (secondary N) is 1. The predicted octanol–water partition coefficient (Wildman–Crippen LogP) is 4.02.